The molecule has 1 aromatic rings. The minimum atomic E-state index is -0.601. The Balaban J connectivity index is 3.31. The quantitative estimate of drug-likeness (QED) is 0.504. The Morgan fingerprint density at radius 2 is 2.10 bits per heavy atom. The highest BCUT2D eigenvalue weighted by atomic mass is 127. The summed E-state index contributed by atoms with van der Waals surface area (Å²) in [7, 11) is 0. The summed E-state index contributed by atoms with van der Waals surface area (Å²) in [6, 6.07) is 1.09. The van der Waals surface area contributed by atoms with Crippen molar-refractivity contribution in [3.05, 3.63) is 40.7 Å². The van der Waals surface area contributed by atoms with Crippen molar-refractivity contribution in [2.75, 3.05) is 0 Å². The first-order valence-electron chi connectivity index (χ1n) is 2.48. The van der Waals surface area contributed by atoms with Gasteiger partial charge in [0, 0.05) is 6.92 Å². The minimum Gasteiger partial charge on any atom is -0.213 e. The highest BCUT2D eigenvalue weighted by molar-refractivity contribution is 14.1. The molecule has 3 heteroatoms. The van der Waals surface area contributed by atoms with E-state index in [1.54, 1.807) is 0 Å². The van der Waals surface area contributed by atoms with E-state index in [4.69, 9.17) is 13.8 Å². The van der Waals surface area contributed by atoms with Crippen molar-refractivity contribution in [2.45, 2.75) is 0 Å². The predicted octanol–water partition coefficient (Wildman–Crippen LogP) is 1.94. The molecule has 0 fully saturated rings. The topological polar surface area (TPSA) is 12.9 Å². The summed E-state index contributed by atoms with van der Waals surface area (Å²) >= 11 is 1.82. The maximum atomic E-state index is 12.4. The molecule has 0 saturated carbocycles. The first kappa shape index (κ1) is 7.91. The maximum Gasteiger partial charge on any atom is 0.214 e. The smallest absolute Gasteiger partial charge is 0.213 e. The summed E-state index contributed by atoms with van der Waals surface area (Å²) in [4.78, 5) is 3.45. The van der Waals surface area contributed by atoms with Gasteiger partial charge >= 0.3 is 0 Å². The summed E-state index contributed by atoms with van der Waals surface area (Å²) in [6.45, 7) is 10.7. The molecule has 0 bridgehead atoms. The van der Waals surface area contributed by atoms with Crippen LogP contribution in [-0.2, 0) is 0 Å². The fourth-order valence-electron chi connectivity index (χ4n) is 0.511. The predicted molar refractivity (Wildman–Crippen MR) is 43.7 cm³/mol. The Morgan fingerprint density at radius 3 is 2.60 bits per heavy atom. The van der Waals surface area contributed by atoms with Crippen molar-refractivity contribution in [2.24, 2.45) is 0 Å². The largest absolute Gasteiger partial charge is 0.214 e. The van der Waals surface area contributed by atoms with Gasteiger partial charge < -0.3 is 0 Å². The van der Waals surface area contributed by atoms with Crippen LogP contribution in [0.4, 0.5) is 4.39 Å². The second kappa shape index (κ2) is 2.82. The van der Waals surface area contributed by atoms with Gasteiger partial charge in [-0.2, -0.15) is 4.39 Å². The van der Waals surface area contributed by atoms with Crippen LogP contribution in [0.15, 0.2) is 6.07 Å². The number of rotatable bonds is 0. The molecule has 4 radical (unpaired) electrons. The van der Waals surface area contributed by atoms with Crippen molar-refractivity contribution in [1.82, 2.24) is 4.98 Å². The molecule has 1 heterocycles. The van der Waals surface area contributed by atoms with E-state index in [1.165, 1.54) is 0 Å². The molecular weight excluding hydrogens is 244 g/mol. The number of aromatic nitrogens is 1. The second-order valence-electron chi connectivity index (χ2n) is 1.74. The summed E-state index contributed by atoms with van der Waals surface area (Å²) in [5.74, 6) is -0.601. The molecule has 1 rings (SSSR count). The Bertz CT molecular complexity index is 237. The van der Waals surface area contributed by atoms with Crippen LogP contribution < -0.4 is 0 Å². The van der Waals surface area contributed by atoms with E-state index in [9.17, 15) is 4.39 Å². The van der Waals surface area contributed by atoms with Crippen LogP contribution in [0.3, 0.4) is 0 Å². The van der Waals surface area contributed by atoms with Crippen molar-refractivity contribution in [1.29, 1.82) is 0 Å². The SMILES string of the molecule is [CH]c1cc(F)nc(I)c1[CH]. The monoisotopic (exact) mass is 247 g/mol. The average Bonchev–Trinajstić information content (AvgIpc) is 1.82. The van der Waals surface area contributed by atoms with E-state index in [1.807, 2.05) is 22.6 Å². The van der Waals surface area contributed by atoms with Crippen molar-refractivity contribution in [3.8, 4) is 0 Å². The summed E-state index contributed by atoms with van der Waals surface area (Å²) in [5.41, 5.74) is 0.568. The molecule has 0 unspecified atom stereocenters. The minimum absolute atomic E-state index is 0.233. The zero-order valence-corrected chi connectivity index (χ0v) is 7.09. The van der Waals surface area contributed by atoms with Crippen LogP contribution >= 0.6 is 22.6 Å². The lowest BCUT2D eigenvalue weighted by molar-refractivity contribution is 0.579. The van der Waals surface area contributed by atoms with Crippen molar-refractivity contribution < 1.29 is 4.39 Å². The van der Waals surface area contributed by atoms with E-state index in [2.05, 4.69) is 4.98 Å². The molecule has 0 amide bonds. The molecule has 0 aliphatic heterocycles. The molecule has 0 atom stereocenters. The van der Waals surface area contributed by atoms with E-state index in [0.717, 1.165) is 6.07 Å². The number of nitrogens with zero attached hydrogens (tertiary/aromatic N) is 1. The van der Waals surface area contributed by atoms with Gasteiger partial charge in [-0.15, -0.1) is 0 Å². The lowest BCUT2D eigenvalue weighted by Crippen LogP contribution is -1.93. The Labute approximate surface area is 72.8 Å². The lowest BCUT2D eigenvalue weighted by Gasteiger charge is -1.99. The Hall–Kier alpha value is -0.190. The highest BCUT2D eigenvalue weighted by Gasteiger charge is 2.01. The molecule has 0 spiro atoms. The lowest BCUT2D eigenvalue weighted by atomic mass is 10.2. The molecule has 1 nitrogen and oxygen atoms in total. The molecule has 0 N–H and O–H groups in total. The van der Waals surface area contributed by atoms with Crippen LogP contribution in [0.25, 0.3) is 0 Å². The molecule has 0 aromatic carbocycles. The van der Waals surface area contributed by atoms with E-state index < -0.39 is 5.95 Å². The Kier molecular flexibility index (Phi) is 2.23. The summed E-state index contributed by atoms with van der Waals surface area (Å²) < 4.78 is 12.8. The number of pyridine rings is 1. The second-order valence-corrected chi connectivity index (χ2v) is 2.76. The van der Waals surface area contributed by atoms with Gasteiger partial charge in [0.1, 0.15) is 3.70 Å². The van der Waals surface area contributed by atoms with Crippen LogP contribution in [0.2, 0.25) is 0 Å². The van der Waals surface area contributed by atoms with Crippen LogP contribution in [0.5, 0.6) is 0 Å². The zero-order chi connectivity index (χ0) is 7.72. The first-order chi connectivity index (χ1) is 4.61. The molecule has 50 valence electrons. The van der Waals surface area contributed by atoms with Crippen LogP contribution in [-0.4, -0.2) is 4.98 Å². The van der Waals surface area contributed by atoms with Gasteiger partial charge in [0.05, 0.1) is 0 Å². The van der Waals surface area contributed by atoms with Crippen LogP contribution in [0, 0.1) is 23.5 Å². The van der Waals surface area contributed by atoms with Crippen LogP contribution in [0.1, 0.15) is 11.1 Å². The summed E-state index contributed by atoms with van der Waals surface area (Å²) in [5, 5.41) is 0. The molecule has 10 heavy (non-hydrogen) atoms. The molecule has 0 saturated heterocycles. The number of halogens is 2. The fraction of sp³-hybridized carbons (Fsp3) is 0. The maximum absolute atomic E-state index is 12.4. The first-order valence-corrected chi connectivity index (χ1v) is 3.56. The van der Waals surface area contributed by atoms with Gasteiger partial charge in [0.25, 0.3) is 0 Å². The van der Waals surface area contributed by atoms with E-state index in [0.29, 0.717) is 9.26 Å². The van der Waals surface area contributed by atoms with Crippen molar-refractivity contribution in [3.63, 3.8) is 0 Å². The van der Waals surface area contributed by atoms with Gasteiger partial charge in [-0.1, -0.05) is 0 Å². The van der Waals surface area contributed by atoms with Gasteiger partial charge in [-0.3, -0.25) is 0 Å². The molecule has 0 aliphatic rings. The Morgan fingerprint density at radius 1 is 1.50 bits per heavy atom. The van der Waals surface area contributed by atoms with Crippen molar-refractivity contribution >= 4 is 22.6 Å². The average molecular weight is 247 g/mol. The standard InChI is InChI=1S/C7H3FIN/c1-4-3-6(8)10-7(9)5(4)2/h1-3H. The molecule has 0 aliphatic carbocycles. The van der Waals surface area contributed by atoms with E-state index >= 15 is 0 Å². The zero-order valence-electron chi connectivity index (χ0n) is 4.94. The van der Waals surface area contributed by atoms with Gasteiger partial charge in [0.15, 0.2) is 0 Å². The summed E-state index contributed by atoms with van der Waals surface area (Å²) in [6.07, 6.45) is 0. The third-order valence-electron chi connectivity index (χ3n) is 1.01. The molecule has 1 aromatic heterocycles. The third kappa shape index (κ3) is 1.45. The van der Waals surface area contributed by atoms with E-state index in [-0.39, 0.29) is 5.56 Å². The van der Waals surface area contributed by atoms with Gasteiger partial charge in [-0.25, -0.2) is 4.98 Å². The van der Waals surface area contributed by atoms with Gasteiger partial charge in [-0.05, 0) is 46.7 Å². The molecular formula is C7H3FIN. The fourth-order valence-corrected chi connectivity index (χ4v) is 1.05. The highest BCUT2D eigenvalue weighted by Crippen LogP contribution is 2.13. The van der Waals surface area contributed by atoms with Gasteiger partial charge in [0.2, 0.25) is 5.95 Å². The normalized spacial score (nSPS) is 10.0. The number of hydrogen-bond acceptors (Lipinski definition) is 1. The number of hydrogen-bond donors (Lipinski definition) is 0. The third-order valence-corrected chi connectivity index (χ3v) is 1.84.